The minimum atomic E-state index is -1.34. The zero-order chi connectivity index (χ0) is 21.2. The molecular formula is C21H19Cl2N3O3. The normalized spacial score (nSPS) is 20.1. The molecule has 2 amide bonds. The summed E-state index contributed by atoms with van der Waals surface area (Å²) >= 11 is 12.1. The number of rotatable bonds is 5. The van der Waals surface area contributed by atoms with Crippen molar-refractivity contribution in [2.24, 2.45) is 0 Å². The number of hydrogen-bond acceptors (Lipinski definition) is 5. The first-order valence-corrected chi connectivity index (χ1v) is 9.73. The van der Waals surface area contributed by atoms with Crippen LogP contribution in [-0.2, 0) is 9.59 Å². The van der Waals surface area contributed by atoms with E-state index in [1.165, 1.54) is 18.2 Å². The largest absolute Gasteiger partial charge is 0.386 e. The Kier molecular flexibility index (Phi) is 6.25. The smallest absolute Gasteiger partial charge is 0.257 e. The monoisotopic (exact) mass is 431 g/mol. The van der Waals surface area contributed by atoms with Crippen LogP contribution in [0, 0.1) is 11.3 Å². The van der Waals surface area contributed by atoms with E-state index in [1.807, 2.05) is 6.07 Å². The van der Waals surface area contributed by atoms with Gasteiger partial charge in [0.1, 0.15) is 11.6 Å². The lowest BCUT2D eigenvalue weighted by atomic mass is 9.83. The number of carbonyl (C=O) groups is 2. The summed E-state index contributed by atoms with van der Waals surface area (Å²) in [5.41, 5.74) is -0.177. The zero-order valence-electron chi connectivity index (χ0n) is 15.7. The molecular weight excluding hydrogens is 413 g/mol. The standard InChI is InChI=1S/C21H19Cl2N3O3/c1-25-8-2-7-21(25,19(28)15-5-3-14(12-24)4-6-15)20(29)26(13-27)18-10-16(22)9-17(23)11-18/h3-6,9-11,13,19,28H,2,7-8H2,1H3. The average molecular weight is 432 g/mol. The summed E-state index contributed by atoms with van der Waals surface area (Å²) < 4.78 is 0. The van der Waals surface area contributed by atoms with Crippen molar-refractivity contribution >= 4 is 41.2 Å². The lowest BCUT2D eigenvalue weighted by molar-refractivity contribution is -0.137. The zero-order valence-corrected chi connectivity index (χ0v) is 17.2. The topological polar surface area (TPSA) is 84.6 Å². The minimum absolute atomic E-state index is 0.231. The summed E-state index contributed by atoms with van der Waals surface area (Å²) in [7, 11) is 1.74. The van der Waals surface area contributed by atoms with Crippen LogP contribution in [0.3, 0.4) is 0 Å². The van der Waals surface area contributed by atoms with Crippen LogP contribution in [0.25, 0.3) is 0 Å². The van der Waals surface area contributed by atoms with Gasteiger partial charge < -0.3 is 5.11 Å². The fourth-order valence-electron chi connectivity index (χ4n) is 3.84. The summed E-state index contributed by atoms with van der Waals surface area (Å²) in [6.07, 6.45) is 0.247. The first kappa shape index (κ1) is 21.3. The predicted octanol–water partition coefficient (Wildman–Crippen LogP) is 3.55. The molecule has 1 fully saturated rings. The number of nitriles is 1. The number of hydrogen-bond donors (Lipinski definition) is 1. The van der Waals surface area contributed by atoms with Crippen molar-refractivity contribution in [3.05, 3.63) is 63.6 Å². The van der Waals surface area contributed by atoms with Crippen LogP contribution < -0.4 is 4.90 Å². The Balaban J connectivity index is 2.06. The molecule has 1 N–H and O–H groups in total. The minimum Gasteiger partial charge on any atom is -0.386 e. The van der Waals surface area contributed by atoms with Crippen LogP contribution in [0.1, 0.15) is 30.1 Å². The van der Waals surface area contributed by atoms with Crippen LogP contribution in [0.15, 0.2) is 42.5 Å². The lowest BCUT2D eigenvalue weighted by Gasteiger charge is -2.40. The van der Waals surface area contributed by atoms with Gasteiger partial charge in [0.25, 0.3) is 5.91 Å². The first-order valence-electron chi connectivity index (χ1n) is 8.98. The highest BCUT2D eigenvalue weighted by molar-refractivity contribution is 6.35. The van der Waals surface area contributed by atoms with Crippen molar-refractivity contribution in [3.63, 3.8) is 0 Å². The molecule has 0 bridgehead atoms. The number of likely N-dealkylation sites (N-methyl/N-ethyl adjacent to an activating group) is 1. The highest BCUT2D eigenvalue weighted by Crippen LogP contribution is 2.41. The molecule has 1 saturated heterocycles. The fraction of sp³-hybridized carbons (Fsp3) is 0.286. The van der Waals surface area contributed by atoms with Crippen molar-refractivity contribution in [2.75, 3.05) is 18.5 Å². The van der Waals surface area contributed by atoms with Crippen LogP contribution in [0.2, 0.25) is 10.0 Å². The highest BCUT2D eigenvalue weighted by Gasteiger charge is 2.53. The van der Waals surface area contributed by atoms with E-state index in [9.17, 15) is 14.7 Å². The summed E-state index contributed by atoms with van der Waals surface area (Å²) in [4.78, 5) is 28.2. The molecule has 1 aliphatic heterocycles. The third-order valence-electron chi connectivity index (χ3n) is 5.36. The van der Waals surface area contributed by atoms with Crippen LogP contribution >= 0.6 is 23.2 Å². The van der Waals surface area contributed by atoms with Gasteiger partial charge in [-0.05, 0) is 62.3 Å². The van der Waals surface area contributed by atoms with Gasteiger partial charge >= 0.3 is 0 Å². The number of likely N-dealkylation sites (tertiary alicyclic amines) is 1. The number of benzene rings is 2. The maximum atomic E-state index is 13.6. The second kappa shape index (κ2) is 8.52. The summed E-state index contributed by atoms with van der Waals surface area (Å²) in [5, 5.41) is 20.8. The third-order valence-corrected chi connectivity index (χ3v) is 5.80. The van der Waals surface area contributed by atoms with Gasteiger partial charge in [-0.15, -0.1) is 0 Å². The molecule has 29 heavy (non-hydrogen) atoms. The molecule has 3 rings (SSSR count). The molecule has 0 saturated carbocycles. The molecule has 0 spiro atoms. The van der Waals surface area contributed by atoms with E-state index in [2.05, 4.69) is 0 Å². The Hall–Kier alpha value is -2.43. The van der Waals surface area contributed by atoms with E-state index in [0.29, 0.717) is 36.9 Å². The number of aliphatic hydroxyl groups excluding tert-OH is 1. The molecule has 6 nitrogen and oxygen atoms in total. The molecule has 2 unspecified atom stereocenters. The van der Waals surface area contributed by atoms with Crippen molar-refractivity contribution in [1.29, 1.82) is 5.26 Å². The Labute approximate surface area is 178 Å². The number of halogens is 2. The second-order valence-corrected chi connectivity index (χ2v) is 7.87. The van der Waals surface area contributed by atoms with E-state index in [0.717, 1.165) is 4.90 Å². The Bertz CT molecular complexity index is 954. The summed E-state index contributed by atoms with van der Waals surface area (Å²) in [6.45, 7) is 0.585. The van der Waals surface area contributed by atoms with Crippen molar-refractivity contribution in [1.82, 2.24) is 4.90 Å². The molecule has 2 aromatic rings. The van der Waals surface area contributed by atoms with Gasteiger partial charge in [0, 0.05) is 10.0 Å². The van der Waals surface area contributed by atoms with Crippen LogP contribution in [0.4, 0.5) is 5.69 Å². The van der Waals surface area contributed by atoms with Crippen LogP contribution in [0.5, 0.6) is 0 Å². The molecule has 8 heteroatoms. The van der Waals surface area contributed by atoms with Gasteiger partial charge in [-0.25, -0.2) is 0 Å². The summed E-state index contributed by atoms with van der Waals surface area (Å²) in [6, 6.07) is 12.9. The van der Waals surface area contributed by atoms with Gasteiger partial charge in [-0.3, -0.25) is 19.4 Å². The molecule has 1 aliphatic rings. The molecule has 0 aliphatic carbocycles. The van der Waals surface area contributed by atoms with E-state index in [4.69, 9.17) is 28.5 Å². The SMILES string of the molecule is CN1CCCC1(C(=O)N(C=O)c1cc(Cl)cc(Cl)c1)C(O)c1ccc(C#N)cc1. The lowest BCUT2D eigenvalue weighted by Crippen LogP contribution is -2.59. The van der Waals surface area contributed by atoms with Gasteiger partial charge in [-0.1, -0.05) is 35.3 Å². The van der Waals surface area contributed by atoms with Gasteiger partial charge in [0.2, 0.25) is 6.41 Å². The summed E-state index contributed by atoms with van der Waals surface area (Å²) in [5.74, 6) is -0.567. The Morgan fingerprint density at radius 1 is 1.28 bits per heavy atom. The van der Waals surface area contributed by atoms with E-state index in [1.54, 1.807) is 36.2 Å². The van der Waals surface area contributed by atoms with E-state index >= 15 is 0 Å². The predicted molar refractivity (Wildman–Crippen MR) is 111 cm³/mol. The quantitative estimate of drug-likeness (QED) is 0.731. The second-order valence-electron chi connectivity index (χ2n) is 6.99. The van der Waals surface area contributed by atoms with Crippen molar-refractivity contribution in [2.45, 2.75) is 24.5 Å². The number of amides is 2. The van der Waals surface area contributed by atoms with Crippen LogP contribution in [-0.4, -0.2) is 41.5 Å². The fourth-order valence-corrected chi connectivity index (χ4v) is 4.35. The van der Waals surface area contributed by atoms with Gasteiger partial charge in [0.05, 0.1) is 17.3 Å². The van der Waals surface area contributed by atoms with Crippen molar-refractivity contribution < 1.29 is 14.7 Å². The van der Waals surface area contributed by atoms with Crippen molar-refractivity contribution in [3.8, 4) is 6.07 Å². The molecule has 150 valence electrons. The molecule has 2 aromatic carbocycles. The Morgan fingerprint density at radius 2 is 1.90 bits per heavy atom. The number of carbonyl (C=O) groups excluding carboxylic acids is 2. The maximum absolute atomic E-state index is 13.6. The maximum Gasteiger partial charge on any atom is 0.257 e. The number of imide groups is 1. The molecule has 0 aromatic heterocycles. The van der Waals surface area contributed by atoms with Gasteiger partial charge in [-0.2, -0.15) is 5.26 Å². The highest BCUT2D eigenvalue weighted by atomic mass is 35.5. The van der Waals surface area contributed by atoms with E-state index < -0.39 is 17.6 Å². The van der Waals surface area contributed by atoms with E-state index in [-0.39, 0.29) is 15.7 Å². The first-order chi connectivity index (χ1) is 13.8. The molecule has 2 atom stereocenters. The number of anilines is 1. The average Bonchev–Trinajstić information content (AvgIpc) is 3.09. The third kappa shape index (κ3) is 3.87. The molecule has 0 radical (unpaired) electrons. The molecule has 1 heterocycles. The van der Waals surface area contributed by atoms with Gasteiger partial charge in [0.15, 0.2) is 0 Å². The number of nitrogens with zero attached hydrogens (tertiary/aromatic N) is 3. The Morgan fingerprint density at radius 3 is 2.38 bits per heavy atom. The number of aliphatic hydroxyl groups is 1.